The number of rotatable bonds is 8. The Morgan fingerprint density at radius 1 is 0.962 bits per heavy atom. The van der Waals surface area contributed by atoms with Gasteiger partial charge in [-0.25, -0.2) is 4.39 Å². The van der Waals surface area contributed by atoms with Gasteiger partial charge < -0.3 is 9.73 Å². The molecule has 0 atom stereocenters. The van der Waals surface area contributed by atoms with E-state index in [4.69, 9.17) is 4.42 Å². The minimum atomic E-state index is -0.226. The van der Waals surface area contributed by atoms with Crippen LogP contribution >= 0.6 is 11.8 Å². The van der Waals surface area contributed by atoms with Gasteiger partial charge in [-0.15, -0.1) is 11.8 Å². The van der Waals surface area contributed by atoms with Crippen LogP contribution in [0.3, 0.4) is 0 Å². The summed E-state index contributed by atoms with van der Waals surface area (Å²) >= 11 is 1.62. The molecule has 134 valence electrons. The molecule has 1 heterocycles. The molecular weight excluding hydrogens is 349 g/mol. The number of amides is 1. The molecule has 0 fully saturated rings. The van der Waals surface area contributed by atoms with Crippen LogP contribution in [0, 0.1) is 5.82 Å². The highest BCUT2D eigenvalue weighted by atomic mass is 32.2. The van der Waals surface area contributed by atoms with Gasteiger partial charge in [0.15, 0.2) is 5.76 Å². The lowest BCUT2D eigenvalue weighted by atomic mass is 10.1. The quantitative estimate of drug-likeness (QED) is 0.619. The minimum absolute atomic E-state index is 0.206. The van der Waals surface area contributed by atoms with Crippen LogP contribution in [0.25, 0.3) is 0 Å². The van der Waals surface area contributed by atoms with E-state index in [1.807, 2.05) is 42.5 Å². The molecule has 0 aliphatic carbocycles. The molecule has 3 nitrogen and oxygen atoms in total. The standard InChI is InChI=1S/C21H20FNO2S/c22-18-8-4-7-17(13-18)14-26-15-19-9-10-20(25-19)21(24)23-12-11-16-5-2-1-3-6-16/h1-10,13H,11-12,14-15H2,(H,23,24). The first kappa shape index (κ1) is 18.3. The van der Waals surface area contributed by atoms with Gasteiger partial charge in [0.2, 0.25) is 0 Å². The van der Waals surface area contributed by atoms with E-state index in [-0.39, 0.29) is 11.7 Å². The van der Waals surface area contributed by atoms with Crippen molar-refractivity contribution < 1.29 is 13.6 Å². The molecule has 1 aromatic heterocycles. The zero-order valence-electron chi connectivity index (χ0n) is 14.3. The minimum Gasteiger partial charge on any atom is -0.455 e. The van der Waals surface area contributed by atoms with E-state index in [1.54, 1.807) is 23.9 Å². The smallest absolute Gasteiger partial charge is 0.287 e. The molecule has 3 rings (SSSR count). The van der Waals surface area contributed by atoms with Gasteiger partial charge in [0.25, 0.3) is 5.91 Å². The van der Waals surface area contributed by atoms with Gasteiger partial charge in [-0.3, -0.25) is 4.79 Å². The molecule has 0 radical (unpaired) electrons. The number of furan rings is 1. The molecule has 5 heteroatoms. The number of benzene rings is 2. The van der Waals surface area contributed by atoms with Gasteiger partial charge in [-0.1, -0.05) is 42.5 Å². The van der Waals surface area contributed by atoms with Crippen molar-refractivity contribution in [1.82, 2.24) is 5.32 Å². The second kappa shape index (κ2) is 9.25. The van der Waals surface area contributed by atoms with Crippen molar-refractivity contribution in [3.05, 3.63) is 95.2 Å². The van der Waals surface area contributed by atoms with E-state index in [0.717, 1.165) is 17.7 Å². The monoisotopic (exact) mass is 369 g/mol. The van der Waals surface area contributed by atoms with Crippen molar-refractivity contribution in [1.29, 1.82) is 0 Å². The summed E-state index contributed by atoms with van der Waals surface area (Å²) in [6, 6.07) is 20.1. The van der Waals surface area contributed by atoms with Gasteiger partial charge in [-0.2, -0.15) is 0 Å². The molecule has 1 amide bonds. The lowest BCUT2D eigenvalue weighted by Crippen LogP contribution is -2.25. The predicted octanol–water partition coefficient (Wildman–Crippen LogP) is 4.82. The molecule has 0 unspecified atom stereocenters. The number of nitrogens with one attached hydrogen (secondary N) is 1. The van der Waals surface area contributed by atoms with Crippen LogP contribution in [0.5, 0.6) is 0 Å². The SMILES string of the molecule is O=C(NCCc1ccccc1)c1ccc(CSCc2cccc(F)c2)o1. The summed E-state index contributed by atoms with van der Waals surface area (Å²) in [5.74, 6) is 1.95. The van der Waals surface area contributed by atoms with Gasteiger partial charge in [-0.05, 0) is 41.8 Å². The van der Waals surface area contributed by atoms with Crippen LogP contribution in [0.2, 0.25) is 0 Å². The summed E-state index contributed by atoms with van der Waals surface area (Å²) in [6.45, 7) is 0.563. The summed E-state index contributed by atoms with van der Waals surface area (Å²) in [6.07, 6.45) is 0.781. The number of carbonyl (C=O) groups excluding carboxylic acids is 1. The Labute approximate surface area is 156 Å². The molecule has 0 aliphatic heterocycles. The molecule has 0 bridgehead atoms. The number of thioether (sulfide) groups is 1. The average Bonchev–Trinajstić information content (AvgIpc) is 3.12. The van der Waals surface area contributed by atoms with E-state index >= 15 is 0 Å². The third-order valence-corrected chi connectivity index (χ3v) is 4.86. The summed E-state index contributed by atoms with van der Waals surface area (Å²) in [5, 5.41) is 2.87. The maximum absolute atomic E-state index is 13.1. The fraction of sp³-hybridized carbons (Fsp3) is 0.190. The highest BCUT2D eigenvalue weighted by Crippen LogP contribution is 2.20. The van der Waals surface area contributed by atoms with Gasteiger partial charge in [0.1, 0.15) is 11.6 Å². The van der Waals surface area contributed by atoms with Crippen molar-refractivity contribution >= 4 is 17.7 Å². The van der Waals surface area contributed by atoms with E-state index in [1.165, 1.54) is 17.7 Å². The largest absolute Gasteiger partial charge is 0.455 e. The Kier molecular flexibility index (Phi) is 6.50. The summed E-state index contributed by atoms with van der Waals surface area (Å²) < 4.78 is 18.8. The maximum Gasteiger partial charge on any atom is 0.287 e. The maximum atomic E-state index is 13.1. The Morgan fingerprint density at radius 3 is 2.58 bits per heavy atom. The highest BCUT2D eigenvalue weighted by Gasteiger charge is 2.10. The third-order valence-electron chi connectivity index (χ3n) is 3.83. The third kappa shape index (κ3) is 5.49. The van der Waals surface area contributed by atoms with Crippen LogP contribution in [-0.2, 0) is 17.9 Å². The molecule has 0 aliphatic rings. The van der Waals surface area contributed by atoms with Crippen LogP contribution < -0.4 is 5.32 Å². The van der Waals surface area contributed by atoms with Crippen LogP contribution in [0.1, 0.15) is 27.4 Å². The molecule has 1 N–H and O–H groups in total. The lowest BCUT2D eigenvalue weighted by molar-refractivity contribution is 0.0925. The van der Waals surface area contributed by atoms with Crippen molar-refractivity contribution in [2.45, 2.75) is 17.9 Å². The second-order valence-corrected chi connectivity index (χ2v) is 6.87. The molecule has 0 saturated heterocycles. The van der Waals surface area contributed by atoms with Crippen molar-refractivity contribution in [2.75, 3.05) is 6.54 Å². The molecule has 26 heavy (non-hydrogen) atoms. The Morgan fingerprint density at radius 2 is 1.77 bits per heavy atom. The number of hydrogen-bond donors (Lipinski definition) is 1. The number of hydrogen-bond acceptors (Lipinski definition) is 3. The van der Waals surface area contributed by atoms with Crippen molar-refractivity contribution in [3.63, 3.8) is 0 Å². The van der Waals surface area contributed by atoms with E-state index in [0.29, 0.717) is 23.8 Å². The normalized spacial score (nSPS) is 10.7. The van der Waals surface area contributed by atoms with Crippen LogP contribution in [0.15, 0.2) is 71.1 Å². The summed E-state index contributed by atoms with van der Waals surface area (Å²) in [4.78, 5) is 12.1. The predicted molar refractivity (Wildman–Crippen MR) is 103 cm³/mol. The molecule has 0 spiro atoms. The zero-order chi connectivity index (χ0) is 18.2. The van der Waals surface area contributed by atoms with Crippen molar-refractivity contribution in [2.24, 2.45) is 0 Å². The number of halogens is 1. The summed E-state index contributed by atoms with van der Waals surface area (Å²) in [7, 11) is 0. The van der Waals surface area contributed by atoms with Crippen LogP contribution in [0.4, 0.5) is 4.39 Å². The Bertz CT molecular complexity index is 848. The topological polar surface area (TPSA) is 42.2 Å². The zero-order valence-corrected chi connectivity index (χ0v) is 15.1. The van der Waals surface area contributed by atoms with Gasteiger partial charge in [0, 0.05) is 12.3 Å². The highest BCUT2D eigenvalue weighted by molar-refractivity contribution is 7.97. The Balaban J connectivity index is 1.42. The van der Waals surface area contributed by atoms with Crippen molar-refractivity contribution in [3.8, 4) is 0 Å². The first-order chi connectivity index (χ1) is 12.7. The molecule has 2 aromatic carbocycles. The fourth-order valence-electron chi connectivity index (χ4n) is 2.53. The summed E-state index contributed by atoms with van der Waals surface area (Å²) in [5.41, 5.74) is 2.11. The van der Waals surface area contributed by atoms with Crippen LogP contribution in [-0.4, -0.2) is 12.5 Å². The molecule has 0 saturated carbocycles. The lowest BCUT2D eigenvalue weighted by Gasteiger charge is -2.03. The average molecular weight is 369 g/mol. The van der Waals surface area contributed by atoms with E-state index in [2.05, 4.69) is 5.32 Å². The number of carbonyl (C=O) groups is 1. The first-order valence-electron chi connectivity index (χ1n) is 8.44. The van der Waals surface area contributed by atoms with E-state index < -0.39 is 0 Å². The Hall–Kier alpha value is -2.53. The molecule has 3 aromatic rings. The van der Waals surface area contributed by atoms with Gasteiger partial charge in [0.05, 0.1) is 5.75 Å². The molecular formula is C21H20FNO2S. The van der Waals surface area contributed by atoms with E-state index in [9.17, 15) is 9.18 Å². The van der Waals surface area contributed by atoms with Gasteiger partial charge >= 0.3 is 0 Å². The first-order valence-corrected chi connectivity index (χ1v) is 9.59. The second-order valence-electron chi connectivity index (χ2n) is 5.88. The fourth-order valence-corrected chi connectivity index (χ4v) is 3.40.